The molecule has 2 N–H and O–H groups in total. The van der Waals surface area contributed by atoms with E-state index in [1.165, 1.54) is 4.88 Å². The lowest BCUT2D eigenvalue weighted by Crippen LogP contribution is -2.40. The maximum atomic E-state index is 12.3. The van der Waals surface area contributed by atoms with E-state index in [1.807, 2.05) is 29.2 Å². The Bertz CT molecular complexity index is 649. The SMILES string of the molecule is CC(N)(CCc1cccs1)CCN1Cc2ccccc2C1=O. The summed E-state index contributed by atoms with van der Waals surface area (Å²) < 4.78 is 0. The average molecular weight is 314 g/mol. The molecule has 0 fully saturated rings. The summed E-state index contributed by atoms with van der Waals surface area (Å²) in [6.07, 6.45) is 2.79. The number of nitrogens with two attached hydrogens (primary N) is 1. The topological polar surface area (TPSA) is 46.3 Å². The van der Waals surface area contributed by atoms with Gasteiger partial charge in [-0.15, -0.1) is 11.3 Å². The predicted octanol–water partition coefficient (Wildman–Crippen LogP) is 3.44. The zero-order valence-electron chi connectivity index (χ0n) is 12.9. The van der Waals surface area contributed by atoms with E-state index in [0.717, 1.165) is 43.5 Å². The summed E-state index contributed by atoms with van der Waals surface area (Å²) in [6, 6.07) is 12.1. The van der Waals surface area contributed by atoms with Gasteiger partial charge in [0.1, 0.15) is 0 Å². The molecule has 1 aliphatic heterocycles. The van der Waals surface area contributed by atoms with Gasteiger partial charge in [-0.25, -0.2) is 0 Å². The minimum Gasteiger partial charge on any atom is -0.334 e. The first kappa shape index (κ1) is 15.3. The van der Waals surface area contributed by atoms with Gasteiger partial charge in [0.15, 0.2) is 0 Å². The van der Waals surface area contributed by atoms with Crippen LogP contribution in [0.3, 0.4) is 0 Å². The van der Waals surface area contributed by atoms with Crippen molar-refractivity contribution in [2.45, 2.75) is 38.3 Å². The number of nitrogens with zero attached hydrogens (tertiary/aromatic N) is 1. The van der Waals surface area contributed by atoms with Crippen molar-refractivity contribution in [3.63, 3.8) is 0 Å². The molecule has 0 aliphatic carbocycles. The molecule has 3 rings (SSSR count). The Balaban J connectivity index is 1.53. The molecule has 1 unspecified atom stereocenters. The number of benzene rings is 1. The fourth-order valence-corrected chi connectivity index (χ4v) is 3.58. The molecule has 0 saturated heterocycles. The van der Waals surface area contributed by atoms with Crippen LogP contribution >= 0.6 is 11.3 Å². The minimum atomic E-state index is -0.237. The highest BCUT2D eigenvalue weighted by Crippen LogP contribution is 2.24. The normalized spacial score (nSPS) is 16.6. The van der Waals surface area contributed by atoms with Crippen LogP contribution in [0.25, 0.3) is 0 Å². The standard InChI is InChI=1S/C18H22N2OS/c1-18(19,9-8-15-6-4-12-22-15)10-11-20-13-14-5-2-3-7-16(14)17(20)21/h2-7,12H,8-11,13,19H2,1H3. The molecule has 0 bridgehead atoms. The lowest BCUT2D eigenvalue weighted by atomic mass is 9.92. The smallest absolute Gasteiger partial charge is 0.254 e. The molecule has 22 heavy (non-hydrogen) atoms. The summed E-state index contributed by atoms with van der Waals surface area (Å²) >= 11 is 1.78. The summed E-state index contributed by atoms with van der Waals surface area (Å²) in [7, 11) is 0. The zero-order chi connectivity index (χ0) is 15.6. The molecule has 1 aromatic carbocycles. The Morgan fingerprint density at radius 2 is 2.05 bits per heavy atom. The number of carbonyl (C=O) groups is 1. The van der Waals surface area contributed by atoms with E-state index in [2.05, 4.69) is 24.4 Å². The lowest BCUT2D eigenvalue weighted by Gasteiger charge is -2.27. The Morgan fingerprint density at radius 1 is 1.23 bits per heavy atom. The van der Waals surface area contributed by atoms with Crippen LogP contribution in [0.15, 0.2) is 41.8 Å². The summed E-state index contributed by atoms with van der Waals surface area (Å²) in [5, 5.41) is 2.10. The highest BCUT2D eigenvalue weighted by atomic mass is 32.1. The quantitative estimate of drug-likeness (QED) is 0.888. The fraction of sp³-hybridized carbons (Fsp3) is 0.389. The van der Waals surface area contributed by atoms with E-state index in [1.54, 1.807) is 11.3 Å². The summed E-state index contributed by atoms with van der Waals surface area (Å²) in [6.45, 7) is 3.54. The van der Waals surface area contributed by atoms with E-state index in [9.17, 15) is 4.79 Å². The van der Waals surface area contributed by atoms with Gasteiger partial charge in [-0.05, 0) is 49.3 Å². The van der Waals surface area contributed by atoms with Gasteiger partial charge in [-0.1, -0.05) is 24.3 Å². The summed E-state index contributed by atoms with van der Waals surface area (Å²) in [4.78, 5) is 15.6. The molecule has 2 heterocycles. The largest absolute Gasteiger partial charge is 0.334 e. The van der Waals surface area contributed by atoms with Crippen molar-refractivity contribution in [3.8, 4) is 0 Å². The Labute approximate surface area is 135 Å². The molecular formula is C18H22N2OS. The van der Waals surface area contributed by atoms with E-state index >= 15 is 0 Å². The number of amides is 1. The molecule has 0 spiro atoms. The van der Waals surface area contributed by atoms with Crippen LogP contribution < -0.4 is 5.73 Å². The van der Waals surface area contributed by atoms with Crippen molar-refractivity contribution in [1.82, 2.24) is 4.90 Å². The molecule has 1 amide bonds. The highest BCUT2D eigenvalue weighted by Gasteiger charge is 2.28. The molecule has 1 aliphatic rings. The molecular weight excluding hydrogens is 292 g/mol. The van der Waals surface area contributed by atoms with Gasteiger partial charge in [-0.2, -0.15) is 0 Å². The monoisotopic (exact) mass is 314 g/mol. The van der Waals surface area contributed by atoms with Crippen LogP contribution in [0.1, 0.15) is 40.6 Å². The second-order valence-electron chi connectivity index (χ2n) is 6.37. The third-order valence-corrected chi connectivity index (χ3v) is 5.31. The van der Waals surface area contributed by atoms with Gasteiger partial charge in [0.25, 0.3) is 5.91 Å². The van der Waals surface area contributed by atoms with Gasteiger partial charge in [0.05, 0.1) is 0 Å². The lowest BCUT2D eigenvalue weighted by molar-refractivity contribution is 0.0766. The first-order valence-electron chi connectivity index (χ1n) is 7.74. The van der Waals surface area contributed by atoms with E-state index in [0.29, 0.717) is 0 Å². The van der Waals surface area contributed by atoms with Crippen molar-refractivity contribution < 1.29 is 4.79 Å². The van der Waals surface area contributed by atoms with Crippen molar-refractivity contribution in [1.29, 1.82) is 0 Å². The van der Waals surface area contributed by atoms with Gasteiger partial charge in [0, 0.05) is 29.1 Å². The van der Waals surface area contributed by atoms with Gasteiger partial charge >= 0.3 is 0 Å². The third kappa shape index (κ3) is 3.39. The first-order chi connectivity index (χ1) is 10.6. The molecule has 2 aromatic rings. The zero-order valence-corrected chi connectivity index (χ0v) is 13.7. The second-order valence-corrected chi connectivity index (χ2v) is 7.40. The summed E-state index contributed by atoms with van der Waals surface area (Å²) in [5.74, 6) is 0.143. The van der Waals surface area contributed by atoms with E-state index in [4.69, 9.17) is 5.73 Å². The van der Waals surface area contributed by atoms with Crippen LogP contribution in [0.5, 0.6) is 0 Å². The highest BCUT2D eigenvalue weighted by molar-refractivity contribution is 7.09. The molecule has 116 valence electrons. The Hall–Kier alpha value is -1.65. The maximum Gasteiger partial charge on any atom is 0.254 e. The number of aryl methyl sites for hydroxylation is 1. The van der Waals surface area contributed by atoms with Crippen molar-refractivity contribution in [2.24, 2.45) is 5.73 Å². The number of carbonyl (C=O) groups excluding carboxylic acids is 1. The minimum absolute atomic E-state index is 0.143. The number of thiophene rings is 1. The first-order valence-corrected chi connectivity index (χ1v) is 8.62. The van der Waals surface area contributed by atoms with Crippen LogP contribution in [-0.2, 0) is 13.0 Å². The third-order valence-electron chi connectivity index (χ3n) is 4.37. The van der Waals surface area contributed by atoms with E-state index < -0.39 is 0 Å². The van der Waals surface area contributed by atoms with Crippen molar-refractivity contribution in [2.75, 3.05) is 6.54 Å². The van der Waals surface area contributed by atoms with Gasteiger partial charge in [0.2, 0.25) is 0 Å². The van der Waals surface area contributed by atoms with Crippen LogP contribution in [0, 0.1) is 0 Å². The average Bonchev–Trinajstić information content (AvgIpc) is 3.12. The number of hydrogen-bond acceptors (Lipinski definition) is 3. The van der Waals surface area contributed by atoms with Gasteiger partial charge < -0.3 is 10.6 Å². The molecule has 1 atom stereocenters. The van der Waals surface area contributed by atoms with Crippen LogP contribution in [0.4, 0.5) is 0 Å². The van der Waals surface area contributed by atoms with E-state index in [-0.39, 0.29) is 11.4 Å². The second kappa shape index (κ2) is 6.23. The van der Waals surface area contributed by atoms with Gasteiger partial charge in [-0.3, -0.25) is 4.79 Å². The van der Waals surface area contributed by atoms with Crippen molar-refractivity contribution >= 4 is 17.2 Å². The Morgan fingerprint density at radius 3 is 2.77 bits per heavy atom. The number of rotatable bonds is 6. The fourth-order valence-electron chi connectivity index (χ4n) is 2.87. The molecule has 0 saturated carbocycles. The Kier molecular flexibility index (Phi) is 4.32. The molecule has 1 aromatic heterocycles. The number of fused-ring (bicyclic) bond motifs is 1. The van der Waals surface area contributed by atoms with Crippen molar-refractivity contribution in [3.05, 3.63) is 57.8 Å². The maximum absolute atomic E-state index is 12.3. The van der Waals surface area contributed by atoms with Crippen LogP contribution in [0.2, 0.25) is 0 Å². The summed E-state index contributed by atoms with van der Waals surface area (Å²) in [5.41, 5.74) is 8.17. The molecule has 4 heteroatoms. The number of hydrogen-bond donors (Lipinski definition) is 1. The predicted molar refractivity (Wildman–Crippen MR) is 91.0 cm³/mol. The van der Waals surface area contributed by atoms with Crippen LogP contribution in [-0.4, -0.2) is 22.9 Å². The molecule has 3 nitrogen and oxygen atoms in total. The molecule has 0 radical (unpaired) electrons.